The molecule has 0 amide bonds. The van der Waals surface area contributed by atoms with Crippen LogP contribution in [0.3, 0.4) is 0 Å². The zero-order valence-corrected chi connectivity index (χ0v) is 19.7. The summed E-state index contributed by atoms with van der Waals surface area (Å²) in [5, 5.41) is 9.27. The van der Waals surface area contributed by atoms with Crippen LogP contribution in [0.5, 0.6) is 5.75 Å². The molecule has 0 saturated carbocycles. The highest BCUT2D eigenvalue weighted by molar-refractivity contribution is 7.99. The van der Waals surface area contributed by atoms with Gasteiger partial charge in [-0.1, -0.05) is 30.0 Å². The molecule has 0 saturated heterocycles. The van der Waals surface area contributed by atoms with E-state index in [9.17, 15) is 4.79 Å². The molecule has 3 aromatic rings. The second-order valence-corrected chi connectivity index (χ2v) is 8.81. The number of aryl methyl sites for hydroxylation is 2. The second-order valence-electron chi connectivity index (χ2n) is 7.86. The van der Waals surface area contributed by atoms with Gasteiger partial charge in [-0.05, 0) is 58.4 Å². The standard InChI is InChI=1S/C24H30N4O2S/c1-7-11-27-23(14-30-20-10-8-9-17(4)12-20)25-26-24(27)31-15-22(29)21-13-18(5)28(16(2)3)19(21)6/h7-10,12-13,16H,1,11,14-15H2,2-6H3. The van der Waals surface area contributed by atoms with Crippen molar-refractivity contribution < 1.29 is 9.53 Å². The summed E-state index contributed by atoms with van der Waals surface area (Å²) >= 11 is 1.39. The molecule has 0 aliphatic heterocycles. The van der Waals surface area contributed by atoms with Crippen LogP contribution in [-0.2, 0) is 13.2 Å². The lowest BCUT2D eigenvalue weighted by atomic mass is 10.2. The molecule has 0 radical (unpaired) electrons. The fourth-order valence-electron chi connectivity index (χ4n) is 3.76. The Kier molecular flexibility index (Phi) is 7.38. The number of thioether (sulfide) groups is 1. The van der Waals surface area contributed by atoms with Crippen LogP contribution in [0, 0.1) is 20.8 Å². The molecule has 0 spiro atoms. The van der Waals surface area contributed by atoms with Crippen molar-refractivity contribution in [3.8, 4) is 5.75 Å². The Hall–Kier alpha value is -2.80. The molecule has 6 nitrogen and oxygen atoms in total. The molecule has 0 aliphatic carbocycles. The highest BCUT2D eigenvalue weighted by Crippen LogP contribution is 2.24. The molecule has 0 aliphatic rings. The van der Waals surface area contributed by atoms with E-state index in [1.807, 2.05) is 55.7 Å². The maximum Gasteiger partial charge on any atom is 0.192 e. The minimum atomic E-state index is 0.0933. The molecule has 0 N–H and O–H groups in total. The predicted molar refractivity (Wildman–Crippen MR) is 125 cm³/mol. The first-order valence-electron chi connectivity index (χ1n) is 10.4. The second kappa shape index (κ2) is 10.0. The van der Waals surface area contributed by atoms with Crippen molar-refractivity contribution in [2.45, 2.75) is 59.0 Å². The summed E-state index contributed by atoms with van der Waals surface area (Å²) in [6, 6.07) is 10.2. The highest BCUT2D eigenvalue weighted by Gasteiger charge is 2.19. The van der Waals surface area contributed by atoms with Crippen LogP contribution in [0.2, 0.25) is 0 Å². The summed E-state index contributed by atoms with van der Waals surface area (Å²) < 4.78 is 10.0. The number of nitrogens with zero attached hydrogens (tertiary/aromatic N) is 4. The fourth-order valence-corrected chi connectivity index (χ4v) is 4.61. The molecule has 3 rings (SSSR count). The number of Topliss-reactive ketones (excluding diaryl/α,β-unsaturated/α-hetero) is 1. The lowest BCUT2D eigenvalue weighted by molar-refractivity contribution is 0.102. The summed E-state index contributed by atoms with van der Waals surface area (Å²) in [6.45, 7) is 15.0. The van der Waals surface area contributed by atoms with Crippen LogP contribution in [0.1, 0.15) is 53.0 Å². The Labute approximate surface area is 188 Å². The topological polar surface area (TPSA) is 61.9 Å². The quantitative estimate of drug-likeness (QED) is 0.243. The maximum absolute atomic E-state index is 12.9. The molecule has 31 heavy (non-hydrogen) atoms. The smallest absolute Gasteiger partial charge is 0.192 e. The molecule has 0 bridgehead atoms. The van der Waals surface area contributed by atoms with Gasteiger partial charge in [0.05, 0.1) is 5.75 Å². The average Bonchev–Trinajstić information content (AvgIpc) is 3.24. The third-order valence-electron chi connectivity index (χ3n) is 5.10. The molecule has 2 heterocycles. The molecule has 0 fully saturated rings. The van der Waals surface area contributed by atoms with Gasteiger partial charge in [0.2, 0.25) is 0 Å². The fraction of sp³-hybridized carbons (Fsp3) is 0.375. The number of aromatic nitrogens is 4. The Morgan fingerprint density at radius 2 is 2.00 bits per heavy atom. The average molecular weight is 439 g/mol. The highest BCUT2D eigenvalue weighted by atomic mass is 32.2. The van der Waals surface area contributed by atoms with E-state index in [1.54, 1.807) is 6.08 Å². The number of hydrogen-bond donors (Lipinski definition) is 0. The molecule has 2 aromatic heterocycles. The number of carbonyl (C=O) groups is 1. The van der Waals surface area contributed by atoms with E-state index in [0.29, 0.717) is 35.9 Å². The summed E-state index contributed by atoms with van der Waals surface area (Å²) in [5.74, 6) is 1.89. The number of hydrogen-bond acceptors (Lipinski definition) is 5. The Morgan fingerprint density at radius 3 is 2.65 bits per heavy atom. The van der Waals surface area contributed by atoms with Crippen molar-refractivity contribution >= 4 is 17.5 Å². The van der Waals surface area contributed by atoms with Crippen molar-refractivity contribution in [2.24, 2.45) is 0 Å². The van der Waals surface area contributed by atoms with Crippen LogP contribution in [0.25, 0.3) is 0 Å². The van der Waals surface area contributed by atoms with E-state index in [2.05, 4.69) is 35.2 Å². The van der Waals surface area contributed by atoms with Crippen LogP contribution in [-0.4, -0.2) is 30.9 Å². The van der Waals surface area contributed by atoms with Crippen LogP contribution >= 0.6 is 11.8 Å². The number of ketones is 1. The summed E-state index contributed by atoms with van der Waals surface area (Å²) in [6.07, 6.45) is 1.79. The molecule has 7 heteroatoms. The minimum absolute atomic E-state index is 0.0933. The van der Waals surface area contributed by atoms with Gasteiger partial charge in [-0.3, -0.25) is 9.36 Å². The summed E-state index contributed by atoms with van der Waals surface area (Å²) in [7, 11) is 0. The third kappa shape index (κ3) is 5.28. The largest absolute Gasteiger partial charge is 0.486 e. The number of rotatable bonds is 10. The lowest BCUT2D eigenvalue weighted by Crippen LogP contribution is -2.10. The lowest BCUT2D eigenvalue weighted by Gasteiger charge is -2.13. The van der Waals surface area contributed by atoms with Crippen LogP contribution in [0.4, 0.5) is 0 Å². The number of benzene rings is 1. The molecule has 0 atom stereocenters. The van der Waals surface area contributed by atoms with Gasteiger partial charge in [-0.25, -0.2) is 0 Å². The van der Waals surface area contributed by atoms with Crippen molar-refractivity contribution in [2.75, 3.05) is 5.75 Å². The van der Waals surface area contributed by atoms with Crippen molar-refractivity contribution in [3.05, 3.63) is 71.3 Å². The van der Waals surface area contributed by atoms with E-state index in [4.69, 9.17) is 4.74 Å². The van der Waals surface area contributed by atoms with Crippen LogP contribution < -0.4 is 4.74 Å². The third-order valence-corrected chi connectivity index (χ3v) is 6.06. The SMILES string of the molecule is C=CCn1c(COc2cccc(C)c2)nnc1SCC(=O)c1cc(C)n(C(C)C)c1C. The monoisotopic (exact) mass is 438 g/mol. The molecular formula is C24H30N4O2S. The van der Waals surface area contributed by atoms with Gasteiger partial charge < -0.3 is 9.30 Å². The van der Waals surface area contributed by atoms with E-state index >= 15 is 0 Å². The maximum atomic E-state index is 12.9. The van der Waals surface area contributed by atoms with Gasteiger partial charge in [0, 0.05) is 29.5 Å². The first kappa shape index (κ1) is 22.9. The van der Waals surface area contributed by atoms with Gasteiger partial charge >= 0.3 is 0 Å². The van der Waals surface area contributed by atoms with Crippen molar-refractivity contribution in [3.63, 3.8) is 0 Å². The van der Waals surface area contributed by atoms with Crippen LogP contribution in [0.15, 0.2) is 48.1 Å². The van der Waals surface area contributed by atoms with Crippen molar-refractivity contribution in [1.82, 2.24) is 19.3 Å². The van der Waals surface area contributed by atoms with Gasteiger partial charge in [0.25, 0.3) is 0 Å². The van der Waals surface area contributed by atoms with Gasteiger partial charge in [-0.15, -0.1) is 16.8 Å². The van der Waals surface area contributed by atoms with Gasteiger partial charge in [0.15, 0.2) is 16.8 Å². The zero-order chi connectivity index (χ0) is 22.5. The van der Waals surface area contributed by atoms with E-state index < -0.39 is 0 Å². The zero-order valence-electron chi connectivity index (χ0n) is 18.9. The molecule has 0 unspecified atom stereocenters. The Bertz CT molecular complexity index is 1080. The summed E-state index contributed by atoms with van der Waals surface area (Å²) in [4.78, 5) is 12.9. The number of ether oxygens (including phenoxy) is 1. The van der Waals surface area contributed by atoms with Gasteiger partial charge in [0.1, 0.15) is 12.4 Å². The molecule has 1 aromatic carbocycles. The Balaban J connectivity index is 1.71. The van der Waals surface area contributed by atoms with E-state index in [1.165, 1.54) is 11.8 Å². The Morgan fingerprint density at radius 1 is 1.23 bits per heavy atom. The normalized spacial score (nSPS) is 11.2. The van der Waals surface area contributed by atoms with Crippen molar-refractivity contribution in [1.29, 1.82) is 0 Å². The van der Waals surface area contributed by atoms with E-state index in [0.717, 1.165) is 28.3 Å². The first-order valence-corrected chi connectivity index (χ1v) is 11.4. The minimum Gasteiger partial charge on any atom is -0.486 e. The predicted octanol–water partition coefficient (Wildman–Crippen LogP) is 5.33. The van der Waals surface area contributed by atoms with E-state index in [-0.39, 0.29) is 5.78 Å². The summed E-state index contributed by atoms with van der Waals surface area (Å²) in [5.41, 5.74) is 4.03. The number of carbonyl (C=O) groups excluding carboxylic acids is 1. The molecular weight excluding hydrogens is 408 g/mol. The first-order chi connectivity index (χ1) is 14.8. The molecule has 164 valence electrons. The van der Waals surface area contributed by atoms with Gasteiger partial charge in [-0.2, -0.15) is 0 Å². The number of allylic oxidation sites excluding steroid dienone is 1.